The van der Waals surface area contributed by atoms with Gasteiger partial charge in [-0.25, -0.2) is 82.2 Å². The molecule has 0 amide bonds. The van der Waals surface area contributed by atoms with Gasteiger partial charge in [-0.15, -0.1) is 5.11 Å². The summed E-state index contributed by atoms with van der Waals surface area (Å²) < 4.78 is 183. The van der Waals surface area contributed by atoms with Gasteiger partial charge in [0, 0.05) is 12.4 Å². The van der Waals surface area contributed by atoms with Crippen LogP contribution in [-0.2, 0) is 110 Å². The van der Waals surface area contributed by atoms with Gasteiger partial charge in [-0.05, 0) is 12.1 Å². The summed E-state index contributed by atoms with van der Waals surface area (Å²) in [6, 6.07) is 3.02. The molecule has 10 aliphatic rings. The molecule has 10 aliphatic heterocycles. The van der Waals surface area contributed by atoms with E-state index in [1.54, 1.807) is 0 Å². The Balaban J connectivity index is 0.000000129. The molecule has 11 aromatic heterocycles. The molecule has 30 atom stereocenters. The van der Waals surface area contributed by atoms with Crippen LogP contribution in [0.2, 0.25) is 0 Å². The van der Waals surface area contributed by atoms with E-state index in [2.05, 4.69) is 80.0 Å². The first-order valence-corrected chi connectivity index (χ1v) is 47.8. The third kappa shape index (κ3) is 17.7. The number of Topliss-reactive ketones (excluding diaryl/α,β-unsaturated/α-hetero) is 1. The fourth-order valence-corrected chi connectivity index (χ4v) is 21.6. The third-order valence-electron chi connectivity index (χ3n) is 22.1. The minimum atomic E-state index is -5.11. The molecule has 0 radical (unpaired) electrons. The van der Waals surface area contributed by atoms with Crippen molar-refractivity contribution in [3.63, 3.8) is 0 Å². The number of carbonyl (C=O) groups excluding carboxylic acids is 1. The lowest BCUT2D eigenvalue weighted by Gasteiger charge is -2.25. The van der Waals surface area contributed by atoms with E-state index in [1.165, 1.54) is 61.8 Å². The van der Waals surface area contributed by atoms with Crippen LogP contribution in [-0.4, -0.2) is 319 Å². The third-order valence-corrected chi connectivity index (χ3v) is 28.0. The number of hydrogen-bond acceptors (Lipinski definition) is 51. The zero-order chi connectivity index (χ0) is 93.8. The van der Waals surface area contributed by atoms with Gasteiger partial charge in [0.05, 0.1) is 95.3 Å². The molecule has 0 aliphatic carbocycles. The number of phosphoric acid groups is 6. The van der Waals surface area contributed by atoms with E-state index in [4.69, 9.17) is 106 Å². The Labute approximate surface area is 735 Å². The van der Waals surface area contributed by atoms with Gasteiger partial charge >= 0.3 is 46.9 Å². The van der Waals surface area contributed by atoms with Gasteiger partial charge in [0.15, 0.2) is 94.0 Å². The monoisotopic (exact) mass is 1990 g/mol. The normalized spacial score (nSPS) is 38.5. The number of hydrogen-bond donors (Lipinski definition) is 18. The molecule has 22 N–H and O–H groups in total. The van der Waals surface area contributed by atoms with Crippen molar-refractivity contribution in [3.8, 4) is 0 Å². The highest BCUT2D eigenvalue weighted by Gasteiger charge is 2.59. The highest BCUT2D eigenvalue weighted by atomic mass is 31.2. The van der Waals surface area contributed by atoms with E-state index >= 15 is 0 Å². The number of imidazole rings is 6. The summed E-state index contributed by atoms with van der Waals surface area (Å²) in [4.78, 5) is 154. The van der Waals surface area contributed by atoms with Gasteiger partial charge in [0.2, 0.25) is 11.7 Å². The number of nitrogens with two attached hydrogens (primary N) is 4. The molecule has 71 heteroatoms. The Morgan fingerprint density at radius 2 is 0.699 bits per heavy atom. The van der Waals surface area contributed by atoms with Crippen molar-refractivity contribution in [1.82, 2.24) is 97.2 Å². The molecule has 21 heterocycles. The summed E-state index contributed by atoms with van der Waals surface area (Å²) >= 11 is 0. The van der Waals surface area contributed by atoms with E-state index in [9.17, 15) is 102 Å². The Hall–Kier alpha value is -9.65. The zero-order valence-corrected chi connectivity index (χ0v) is 71.9. The number of aliphatic hydroxyl groups is 6. The van der Waals surface area contributed by atoms with Gasteiger partial charge in [0.25, 0.3) is 11.1 Å². The number of aromatic nitrogens is 20. The maximum absolute atomic E-state index is 13.2. The van der Waals surface area contributed by atoms with Crippen LogP contribution in [0.25, 0.3) is 55.8 Å². The summed E-state index contributed by atoms with van der Waals surface area (Å²) in [7, 11) is -30.4. The van der Waals surface area contributed by atoms with E-state index in [0.717, 1.165) is 40.8 Å². The molecule has 0 spiro atoms. The van der Waals surface area contributed by atoms with Crippen molar-refractivity contribution >= 4 is 137 Å². The first kappa shape index (κ1) is 92.4. The number of H-pyrrole nitrogens is 2. The minimum absolute atomic E-state index is 0.0161. The summed E-state index contributed by atoms with van der Waals surface area (Å²) in [5.41, 5.74) is 23.5. The second kappa shape index (κ2) is 35.2. The zero-order valence-electron chi connectivity index (χ0n) is 66.6. The molecule has 9 fully saturated rings. The van der Waals surface area contributed by atoms with Crippen LogP contribution in [0.15, 0.2) is 95.0 Å². The van der Waals surface area contributed by atoms with Crippen molar-refractivity contribution in [2.24, 2.45) is 10.2 Å². The van der Waals surface area contributed by atoms with Crippen molar-refractivity contribution < 1.29 is 175 Å². The maximum atomic E-state index is 13.2. The van der Waals surface area contributed by atoms with Crippen molar-refractivity contribution in [3.05, 3.63) is 102 Å². The van der Waals surface area contributed by atoms with Gasteiger partial charge in [-0.3, -0.25) is 101 Å². The van der Waals surface area contributed by atoms with Crippen LogP contribution < -0.4 is 34.1 Å². The average molecular weight is 1990 g/mol. The fraction of sp³-hybridized carbons (Fsp3) is 0.500. The van der Waals surface area contributed by atoms with Crippen molar-refractivity contribution in [1.29, 1.82) is 0 Å². The Bertz CT molecular complexity index is 6820. The summed E-state index contributed by atoms with van der Waals surface area (Å²) in [6.45, 7) is -5.06. The van der Waals surface area contributed by atoms with Crippen LogP contribution in [0.5, 0.6) is 0 Å². The summed E-state index contributed by atoms with van der Waals surface area (Å²) in [6.07, 6.45) is -25.2. The van der Waals surface area contributed by atoms with Crippen LogP contribution in [0.1, 0.15) is 47.9 Å². The number of nitrogens with zero attached hydrogens (tertiary/aromatic N) is 20. The number of pyridine rings is 2. The number of ketones is 1. The second-order valence-electron chi connectivity index (χ2n) is 30.3. The number of phosphoric ester groups is 6. The number of fused-ring (bicyclic) bond motifs is 15. The van der Waals surface area contributed by atoms with Crippen molar-refractivity contribution in [2.45, 2.75) is 147 Å². The molecule has 0 aromatic carbocycles. The van der Waals surface area contributed by atoms with Gasteiger partial charge in [0.1, 0.15) is 139 Å². The van der Waals surface area contributed by atoms with E-state index in [-0.39, 0.29) is 85.8 Å². The number of nitrogen functional groups attached to an aromatic ring is 4. The van der Waals surface area contributed by atoms with Gasteiger partial charge in [-0.1, -0.05) is 0 Å². The van der Waals surface area contributed by atoms with E-state index < -0.39 is 251 Å². The molecular formula is C62H72N26O39P6. The Kier molecular flexibility index (Phi) is 24.4. The summed E-state index contributed by atoms with van der Waals surface area (Å²) in [5.74, 6) is -0.741. The molecule has 6 bridgehead atoms. The molecule has 714 valence electrons. The summed E-state index contributed by atoms with van der Waals surface area (Å²) in [5, 5.41) is 73.9. The number of carbonyl (C=O) groups is 1. The van der Waals surface area contributed by atoms with Crippen LogP contribution >= 0.6 is 46.9 Å². The minimum Gasteiger partial charge on any atom is -0.397 e. The number of rotatable bonds is 6. The quantitative estimate of drug-likeness (QED) is 0.0707. The highest BCUT2D eigenvalue weighted by Crippen LogP contribution is 2.59. The van der Waals surface area contributed by atoms with Gasteiger partial charge < -0.3 is 116 Å². The van der Waals surface area contributed by atoms with E-state index in [1.807, 2.05) is 0 Å². The lowest BCUT2D eigenvalue weighted by Crippen LogP contribution is -2.36. The number of nitrogens with one attached hydrogen (secondary N) is 2. The van der Waals surface area contributed by atoms with Crippen molar-refractivity contribution in [2.75, 3.05) is 69.1 Å². The number of aliphatic hydroxyl groups excluding tert-OH is 6. The maximum Gasteiger partial charge on any atom is 0.472 e. The second-order valence-corrected chi connectivity index (χ2v) is 38.8. The predicted octanol–water partition coefficient (Wildman–Crippen LogP) is -3.94. The van der Waals surface area contributed by atoms with E-state index in [0.29, 0.717) is 11.2 Å². The lowest BCUT2D eigenvalue weighted by atomic mass is 10.1. The fourth-order valence-electron chi connectivity index (χ4n) is 15.9. The molecule has 133 heavy (non-hydrogen) atoms. The molecule has 21 rings (SSSR count). The Morgan fingerprint density at radius 1 is 0.361 bits per heavy atom. The standard InChI is InChI=1S/C21H25N9O13P2.C21H24N8O13P2.C20H23N9O13P2/c22-7-1-2-24-16-10(7)25-5-29(16)19-13(32)14-9(41-19)4-39-45(36,37)43-15-12(31)8(3-38-44(34,35)42-14)40-20(15)30-6-26-11-17(30)27-21(23)28-18(11)33;22-8-1-2-23-17-11(8)26-6-28(17)20-14(31)15-10(40-20)4-38-44(35,36)42-16-13(30)9(3-37-43(33,34)41-15)39-21(16)29-7-27-12-18(29)24-5-25-19(12)32;21-16-11-17(23-4-22-16)28(6-25-11)20-15-12(31)8(39-20)2-37-43(33,34)41-14-9(3-38-44(35,36)42-15)40-19(13(14)32)29-5-24-10-7(30)1-26-27-18(10)29/h1-2,5-6,8-9,12-15,19-20,31-32H,3-4H2,(H2,22,24)(H,34,35)(H,36,37)(H3,23,27,28,33);1-2,5-7,9-10,13-16,20-21,30-31H,3-4H2,(H2,22,23)(H,33,34)(H,35,36)(H,24,25,32);4-6,8-9,12-15,19-20,31-32H,1-3H2,(H,33,34)(H,35,36)(H2,21,22,23)/t8-,9-,12-,13-,14-,15-,19-,20-;9-,10-,13-,14-,15-,16-,20-,21-;8-,9-,12-,13-,14-,15-,19-,20-/m111/s1. The first-order valence-electron chi connectivity index (χ1n) is 38.8. The van der Waals surface area contributed by atoms with Crippen LogP contribution in [0, 0.1) is 0 Å². The van der Waals surface area contributed by atoms with Crippen LogP contribution in [0.4, 0.5) is 29.0 Å². The number of anilines is 4. The topological polar surface area (TPSA) is 907 Å². The predicted molar refractivity (Wildman–Crippen MR) is 424 cm³/mol. The molecule has 11 aromatic rings. The average Bonchev–Trinajstić information content (AvgIpc) is 1.64. The first-order chi connectivity index (χ1) is 63.2. The number of aromatic amines is 2. The molecule has 6 unspecified atom stereocenters. The number of ether oxygens (including phenoxy) is 6. The smallest absolute Gasteiger partial charge is 0.397 e. The molecule has 65 nitrogen and oxygen atoms in total. The Morgan fingerprint density at radius 3 is 1.13 bits per heavy atom. The molecular weight excluding hydrogens is 1920 g/mol. The highest BCUT2D eigenvalue weighted by molar-refractivity contribution is 7.48. The lowest BCUT2D eigenvalue weighted by molar-refractivity contribution is -0.0675. The molecule has 9 saturated heterocycles. The van der Waals surface area contributed by atoms with Crippen LogP contribution in [0.3, 0.4) is 0 Å². The van der Waals surface area contributed by atoms with Gasteiger partial charge in [-0.2, -0.15) is 10.1 Å². The SMILES string of the molecule is Nc1ccnc2c1ncn2[C@@H]1O[C@@H]2COP(=O)(O)O[C@@H]3[C@H](O)[C@@H](COP(=O)(O)O[C@H]2[C@H]1O)O[C@H]3n1cnc2c(=O)[nH]cnc21.Nc1nc2c(ncn2[C@@H]2O[C@@H]3COP(=O)(O)O[C@H]4[C@@H](O)[C@H](n5cnc6c(N)ccnc65)O[C@@H]4COP(=O)(O)O[C@@H]2[C@@H]3O)c(=O)[nH]1.Nc1ncnc2c1ncn2[C@@H]1O[C@@H]2COP(=O)(O)O[C@H]3[C@@H](O)[C@H](n4cnc5c4N=NCC5=O)O[C@@H]3COP(=O)(O)O[C@@H]1[C@@H]2O. The largest absolute Gasteiger partial charge is 0.472 e. The molecule has 0 saturated carbocycles. The number of azo groups is 1.